The first-order valence-corrected chi connectivity index (χ1v) is 7.62. The molecule has 0 atom stereocenters. The van der Waals surface area contributed by atoms with E-state index in [9.17, 15) is 24.1 Å². The lowest BCUT2D eigenvalue weighted by molar-refractivity contribution is -0.384. The van der Waals surface area contributed by atoms with Gasteiger partial charge in [0.2, 0.25) is 0 Å². The SMILES string of the molecule is COc1ccc([N+](=O)[O-])cc1NC(=O)COC(=O)/C=C/c1ccccc1F. The lowest BCUT2D eigenvalue weighted by Crippen LogP contribution is -2.20. The van der Waals surface area contributed by atoms with Crippen LogP contribution < -0.4 is 10.1 Å². The number of nitrogens with zero attached hydrogens (tertiary/aromatic N) is 1. The number of esters is 1. The van der Waals surface area contributed by atoms with Crippen molar-refractivity contribution in [1.29, 1.82) is 0 Å². The van der Waals surface area contributed by atoms with Gasteiger partial charge in [0.15, 0.2) is 6.61 Å². The number of halogens is 1. The van der Waals surface area contributed by atoms with Crippen LogP contribution >= 0.6 is 0 Å². The molecule has 0 unspecified atom stereocenters. The molecule has 2 rings (SSSR count). The summed E-state index contributed by atoms with van der Waals surface area (Å²) in [5, 5.41) is 13.2. The highest BCUT2D eigenvalue weighted by Gasteiger charge is 2.14. The first-order valence-electron chi connectivity index (χ1n) is 7.62. The van der Waals surface area contributed by atoms with Gasteiger partial charge in [0.1, 0.15) is 11.6 Å². The van der Waals surface area contributed by atoms with E-state index in [4.69, 9.17) is 9.47 Å². The van der Waals surface area contributed by atoms with Crippen molar-refractivity contribution >= 4 is 29.3 Å². The molecule has 2 aromatic rings. The third-order valence-electron chi connectivity index (χ3n) is 3.32. The molecule has 27 heavy (non-hydrogen) atoms. The molecule has 0 aliphatic rings. The highest BCUT2D eigenvalue weighted by atomic mass is 19.1. The Morgan fingerprint density at radius 1 is 1.26 bits per heavy atom. The van der Waals surface area contributed by atoms with Crippen LogP contribution in [0.1, 0.15) is 5.56 Å². The van der Waals surface area contributed by atoms with Gasteiger partial charge in [-0.2, -0.15) is 0 Å². The summed E-state index contributed by atoms with van der Waals surface area (Å²) < 4.78 is 23.2. The summed E-state index contributed by atoms with van der Waals surface area (Å²) in [6.45, 7) is -0.633. The molecule has 1 N–H and O–H groups in total. The van der Waals surface area contributed by atoms with Gasteiger partial charge in [-0.05, 0) is 18.2 Å². The Bertz CT molecular complexity index is 897. The highest BCUT2D eigenvalue weighted by Crippen LogP contribution is 2.28. The molecule has 0 spiro atoms. The van der Waals surface area contributed by atoms with Crippen LogP contribution in [0.4, 0.5) is 15.8 Å². The predicted molar refractivity (Wildman–Crippen MR) is 94.7 cm³/mol. The third kappa shape index (κ3) is 5.63. The Hall–Kier alpha value is -3.75. The number of carbonyl (C=O) groups excluding carboxylic acids is 2. The Morgan fingerprint density at radius 3 is 2.67 bits per heavy atom. The number of nitrogens with one attached hydrogen (secondary N) is 1. The molecular weight excluding hydrogens is 359 g/mol. The molecule has 0 aromatic heterocycles. The Kier molecular flexibility index (Phi) is 6.59. The smallest absolute Gasteiger partial charge is 0.331 e. The van der Waals surface area contributed by atoms with E-state index in [-0.39, 0.29) is 22.7 Å². The zero-order chi connectivity index (χ0) is 19.8. The summed E-state index contributed by atoms with van der Waals surface area (Å²) in [5.74, 6) is -1.86. The summed E-state index contributed by atoms with van der Waals surface area (Å²) in [6.07, 6.45) is 2.21. The van der Waals surface area contributed by atoms with Crippen molar-refractivity contribution < 1.29 is 28.4 Å². The summed E-state index contributed by atoms with van der Waals surface area (Å²) in [6, 6.07) is 9.51. The van der Waals surface area contributed by atoms with Crippen molar-refractivity contribution in [3.63, 3.8) is 0 Å². The van der Waals surface area contributed by atoms with Crippen molar-refractivity contribution in [3.05, 3.63) is 70.0 Å². The van der Waals surface area contributed by atoms with Crippen molar-refractivity contribution in [3.8, 4) is 5.75 Å². The lowest BCUT2D eigenvalue weighted by atomic mass is 10.2. The number of ether oxygens (including phenoxy) is 2. The zero-order valence-corrected chi connectivity index (χ0v) is 14.2. The average Bonchev–Trinajstić information content (AvgIpc) is 2.65. The maximum Gasteiger partial charge on any atom is 0.331 e. The Morgan fingerprint density at radius 2 is 2.00 bits per heavy atom. The quantitative estimate of drug-likeness (QED) is 0.345. The van der Waals surface area contributed by atoms with E-state index >= 15 is 0 Å². The van der Waals surface area contributed by atoms with Gasteiger partial charge in [-0.15, -0.1) is 0 Å². The average molecular weight is 374 g/mol. The highest BCUT2D eigenvalue weighted by molar-refractivity contribution is 5.96. The molecule has 1 amide bonds. The third-order valence-corrected chi connectivity index (χ3v) is 3.32. The van der Waals surface area contributed by atoms with Gasteiger partial charge in [0, 0.05) is 23.8 Å². The van der Waals surface area contributed by atoms with Crippen LogP contribution in [0.25, 0.3) is 6.08 Å². The number of hydrogen-bond acceptors (Lipinski definition) is 6. The van der Waals surface area contributed by atoms with Gasteiger partial charge in [0.25, 0.3) is 11.6 Å². The minimum Gasteiger partial charge on any atom is -0.495 e. The van der Waals surface area contributed by atoms with Crippen LogP contribution in [0.15, 0.2) is 48.5 Å². The Balaban J connectivity index is 1.94. The van der Waals surface area contributed by atoms with Crippen molar-refractivity contribution in [2.45, 2.75) is 0 Å². The number of nitro groups is 1. The van der Waals surface area contributed by atoms with Crippen molar-refractivity contribution in [2.24, 2.45) is 0 Å². The number of anilines is 1. The summed E-state index contributed by atoms with van der Waals surface area (Å²) in [4.78, 5) is 33.7. The van der Waals surface area contributed by atoms with E-state index in [0.717, 1.165) is 12.1 Å². The largest absolute Gasteiger partial charge is 0.495 e. The molecule has 0 bridgehead atoms. The molecule has 0 heterocycles. The number of rotatable bonds is 7. The van der Waals surface area contributed by atoms with Gasteiger partial charge in [0.05, 0.1) is 17.7 Å². The number of benzene rings is 2. The summed E-state index contributed by atoms with van der Waals surface area (Å²) in [5.41, 5.74) is 0.0193. The standard InChI is InChI=1S/C18H15FN2O6/c1-26-16-8-7-13(21(24)25)10-15(16)20-17(22)11-27-18(23)9-6-12-4-2-3-5-14(12)19/h2-10H,11H2,1H3,(H,20,22)/b9-6+. The van der Waals surface area contributed by atoms with Gasteiger partial charge < -0.3 is 14.8 Å². The minimum absolute atomic E-state index is 0.0645. The van der Waals surface area contributed by atoms with Crippen LogP contribution in [0.3, 0.4) is 0 Å². The van der Waals surface area contributed by atoms with Crippen LogP contribution in [0.5, 0.6) is 5.75 Å². The van der Waals surface area contributed by atoms with Gasteiger partial charge >= 0.3 is 5.97 Å². The maximum atomic E-state index is 13.4. The number of nitro benzene ring substituents is 1. The first-order chi connectivity index (χ1) is 12.9. The van der Waals surface area contributed by atoms with E-state index < -0.39 is 29.2 Å². The molecule has 140 valence electrons. The molecule has 0 saturated heterocycles. The number of methoxy groups -OCH3 is 1. The van der Waals surface area contributed by atoms with Crippen LogP contribution in [-0.2, 0) is 14.3 Å². The molecule has 0 aliphatic heterocycles. The molecular formula is C18H15FN2O6. The number of hydrogen-bond donors (Lipinski definition) is 1. The van der Waals surface area contributed by atoms with E-state index in [1.807, 2.05) is 0 Å². The molecule has 9 heteroatoms. The lowest BCUT2D eigenvalue weighted by Gasteiger charge is -2.09. The maximum absolute atomic E-state index is 13.4. The molecule has 0 saturated carbocycles. The van der Waals surface area contributed by atoms with Crippen molar-refractivity contribution in [2.75, 3.05) is 19.0 Å². The fourth-order valence-electron chi connectivity index (χ4n) is 2.05. The van der Waals surface area contributed by atoms with E-state index in [1.54, 1.807) is 6.07 Å². The number of carbonyl (C=O) groups is 2. The van der Waals surface area contributed by atoms with Crippen LogP contribution in [-0.4, -0.2) is 30.5 Å². The zero-order valence-electron chi connectivity index (χ0n) is 14.2. The van der Waals surface area contributed by atoms with E-state index in [1.165, 1.54) is 43.5 Å². The molecule has 0 fully saturated rings. The summed E-state index contributed by atoms with van der Waals surface area (Å²) in [7, 11) is 1.34. The summed E-state index contributed by atoms with van der Waals surface area (Å²) >= 11 is 0. The van der Waals surface area contributed by atoms with E-state index in [2.05, 4.69) is 5.32 Å². The molecule has 8 nitrogen and oxygen atoms in total. The van der Waals surface area contributed by atoms with E-state index in [0.29, 0.717) is 0 Å². The topological polar surface area (TPSA) is 108 Å². The monoisotopic (exact) mass is 374 g/mol. The number of non-ortho nitro benzene ring substituents is 1. The van der Waals surface area contributed by atoms with Crippen LogP contribution in [0, 0.1) is 15.9 Å². The van der Waals surface area contributed by atoms with Crippen LogP contribution in [0.2, 0.25) is 0 Å². The predicted octanol–water partition coefficient (Wildman–Crippen LogP) is 2.94. The molecule has 0 aliphatic carbocycles. The van der Waals surface area contributed by atoms with Gasteiger partial charge in [-0.25, -0.2) is 9.18 Å². The van der Waals surface area contributed by atoms with Gasteiger partial charge in [-0.3, -0.25) is 14.9 Å². The Labute approximate surface area is 153 Å². The van der Waals surface area contributed by atoms with Gasteiger partial charge in [-0.1, -0.05) is 18.2 Å². The molecule has 2 aromatic carbocycles. The molecule has 0 radical (unpaired) electrons. The normalized spacial score (nSPS) is 10.4. The second-order valence-electron chi connectivity index (χ2n) is 5.15. The second-order valence-corrected chi connectivity index (χ2v) is 5.15. The fourth-order valence-corrected chi connectivity index (χ4v) is 2.05. The fraction of sp³-hybridized carbons (Fsp3) is 0.111. The first kappa shape index (κ1) is 19.6. The number of amides is 1. The minimum atomic E-state index is -0.848. The second kappa shape index (κ2) is 9.09. The van der Waals surface area contributed by atoms with Crippen molar-refractivity contribution in [1.82, 2.24) is 0 Å².